The van der Waals surface area contributed by atoms with Gasteiger partial charge in [-0.3, -0.25) is 4.79 Å². The maximum Gasteiger partial charge on any atom is 0.138 e. The van der Waals surface area contributed by atoms with Gasteiger partial charge >= 0.3 is 0 Å². The van der Waals surface area contributed by atoms with Crippen LogP contribution >= 0.6 is 0 Å². The summed E-state index contributed by atoms with van der Waals surface area (Å²) in [5.41, 5.74) is 0. The predicted octanol–water partition coefficient (Wildman–Crippen LogP) is 3.43. The molecule has 0 saturated heterocycles. The maximum atomic E-state index is 12.4. The lowest BCUT2D eigenvalue weighted by Gasteiger charge is -2.23. The van der Waals surface area contributed by atoms with Gasteiger partial charge in [0.1, 0.15) is 5.78 Å². The number of carbonyl (C=O) groups excluding carboxylic acids is 1. The minimum absolute atomic E-state index is 0.00895. The number of carbonyl (C=O) groups is 1. The van der Waals surface area contributed by atoms with Crippen LogP contribution < -0.4 is 0 Å². The molecule has 120 valence electrons. The highest BCUT2D eigenvalue weighted by Gasteiger charge is 2.24. The van der Waals surface area contributed by atoms with E-state index in [2.05, 4.69) is 13.8 Å². The number of ketones is 1. The average Bonchev–Trinajstić information content (AvgIpc) is 2.44. The highest BCUT2D eigenvalue weighted by atomic mass is 16.3. The van der Waals surface area contributed by atoms with Gasteiger partial charge < -0.3 is 10.2 Å². The van der Waals surface area contributed by atoms with Crippen molar-refractivity contribution in [2.24, 2.45) is 23.7 Å². The van der Waals surface area contributed by atoms with Gasteiger partial charge in [-0.15, -0.1) is 0 Å². The van der Waals surface area contributed by atoms with Crippen LogP contribution in [0.2, 0.25) is 0 Å². The molecule has 3 nitrogen and oxygen atoms in total. The summed E-state index contributed by atoms with van der Waals surface area (Å²) in [6.07, 6.45) is 5.63. The van der Waals surface area contributed by atoms with Gasteiger partial charge in [0, 0.05) is 25.0 Å². The highest BCUT2D eigenvalue weighted by molar-refractivity contribution is 5.82. The van der Waals surface area contributed by atoms with Gasteiger partial charge in [-0.25, -0.2) is 0 Å². The molecule has 0 bridgehead atoms. The molecule has 0 aromatic carbocycles. The second kappa shape index (κ2) is 11.3. The second-order valence-corrected chi connectivity index (χ2v) is 6.35. The zero-order valence-electron chi connectivity index (χ0n) is 13.8. The first-order valence-electron chi connectivity index (χ1n) is 8.25. The Morgan fingerprint density at radius 1 is 0.850 bits per heavy atom. The molecule has 2 N–H and O–H groups in total. The van der Waals surface area contributed by atoms with Gasteiger partial charge in [-0.05, 0) is 37.5 Å². The summed E-state index contributed by atoms with van der Waals surface area (Å²) in [6.45, 7) is 8.52. The maximum absolute atomic E-state index is 12.4. The minimum atomic E-state index is 0.00895. The number of rotatable bonds is 12. The fourth-order valence-electron chi connectivity index (χ4n) is 3.10. The highest BCUT2D eigenvalue weighted by Crippen LogP contribution is 2.24. The SMILES string of the molecule is CCCC(CO)CC(C)C(=O)C(C)CC(CO)CCC. The summed E-state index contributed by atoms with van der Waals surface area (Å²) in [5.74, 6) is 0.796. The largest absolute Gasteiger partial charge is 0.396 e. The van der Waals surface area contributed by atoms with Crippen molar-refractivity contribution in [1.82, 2.24) is 0 Å². The van der Waals surface area contributed by atoms with E-state index in [1.165, 1.54) is 0 Å². The van der Waals surface area contributed by atoms with E-state index in [1.54, 1.807) is 0 Å². The number of aliphatic hydroxyl groups excluding tert-OH is 2. The molecule has 0 aliphatic heterocycles. The van der Waals surface area contributed by atoms with E-state index in [0.717, 1.165) is 38.5 Å². The van der Waals surface area contributed by atoms with E-state index in [0.29, 0.717) is 0 Å². The normalized spacial score (nSPS) is 17.5. The van der Waals surface area contributed by atoms with Gasteiger partial charge in [-0.1, -0.05) is 40.5 Å². The van der Waals surface area contributed by atoms with E-state index in [4.69, 9.17) is 0 Å². The Hall–Kier alpha value is -0.410. The monoisotopic (exact) mass is 286 g/mol. The van der Waals surface area contributed by atoms with Crippen LogP contribution in [-0.4, -0.2) is 29.2 Å². The van der Waals surface area contributed by atoms with Crippen LogP contribution in [0.15, 0.2) is 0 Å². The van der Waals surface area contributed by atoms with Crippen molar-refractivity contribution < 1.29 is 15.0 Å². The molecule has 0 radical (unpaired) electrons. The Morgan fingerprint density at radius 3 is 1.45 bits per heavy atom. The summed E-state index contributed by atoms with van der Waals surface area (Å²) >= 11 is 0. The Bertz CT molecular complexity index is 229. The summed E-state index contributed by atoms with van der Waals surface area (Å²) in [6, 6.07) is 0. The molecule has 0 fully saturated rings. The first-order valence-corrected chi connectivity index (χ1v) is 8.25. The van der Waals surface area contributed by atoms with Crippen LogP contribution in [0.4, 0.5) is 0 Å². The van der Waals surface area contributed by atoms with Crippen LogP contribution in [0.25, 0.3) is 0 Å². The Kier molecular flexibility index (Phi) is 11.0. The second-order valence-electron chi connectivity index (χ2n) is 6.35. The third kappa shape index (κ3) is 7.39. The van der Waals surface area contributed by atoms with Crippen molar-refractivity contribution in [2.75, 3.05) is 13.2 Å². The molecule has 0 spiro atoms. The van der Waals surface area contributed by atoms with Crippen LogP contribution in [0.5, 0.6) is 0 Å². The van der Waals surface area contributed by atoms with Crippen molar-refractivity contribution in [3.63, 3.8) is 0 Å². The summed E-state index contributed by atoms with van der Waals surface area (Å²) in [4.78, 5) is 12.4. The van der Waals surface area contributed by atoms with E-state index in [1.807, 2.05) is 13.8 Å². The molecule has 0 amide bonds. The molecule has 0 aromatic rings. The number of Topliss-reactive ketones (excluding diaryl/α,β-unsaturated/α-hetero) is 1. The van der Waals surface area contributed by atoms with Gasteiger partial charge in [0.15, 0.2) is 0 Å². The van der Waals surface area contributed by atoms with E-state index in [-0.39, 0.29) is 42.7 Å². The fourth-order valence-corrected chi connectivity index (χ4v) is 3.10. The smallest absolute Gasteiger partial charge is 0.138 e. The lowest BCUT2D eigenvalue weighted by molar-refractivity contribution is -0.127. The molecular formula is C17H34O3. The molecule has 0 aliphatic rings. The zero-order valence-corrected chi connectivity index (χ0v) is 13.8. The Balaban J connectivity index is 4.33. The predicted molar refractivity (Wildman–Crippen MR) is 83.5 cm³/mol. The molecule has 0 aliphatic carbocycles. The van der Waals surface area contributed by atoms with Crippen molar-refractivity contribution in [3.8, 4) is 0 Å². The molecule has 3 heteroatoms. The van der Waals surface area contributed by atoms with Gasteiger partial charge in [-0.2, -0.15) is 0 Å². The lowest BCUT2D eigenvalue weighted by Crippen LogP contribution is -2.25. The molecule has 0 rings (SSSR count). The number of aliphatic hydroxyl groups is 2. The van der Waals surface area contributed by atoms with Gasteiger partial charge in [0.25, 0.3) is 0 Å². The molecule has 0 aromatic heterocycles. The quantitative estimate of drug-likeness (QED) is 0.578. The van der Waals surface area contributed by atoms with Crippen LogP contribution in [0.1, 0.15) is 66.2 Å². The van der Waals surface area contributed by atoms with Crippen molar-refractivity contribution >= 4 is 5.78 Å². The molecule has 0 saturated carbocycles. The summed E-state index contributed by atoms with van der Waals surface area (Å²) < 4.78 is 0. The molecule has 4 atom stereocenters. The first-order chi connectivity index (χ1) is 9.49. The van der Waals surface area contributed by atoms with Crippen LogP contribution in [0, 0.1) is 23.7 Å². The van der Waals surface area contributed by atoms with Gasteiger partial charge in [0.2, 0.25) is 0 Å². The van der Waals surface area contributed by atoms with Crippen molar-refractivity contribution in [3.05, 3.63) is 0 Å². The Morgan fingerprint density at radius 2 is 1.20 bits per heavy atom. The van der Waals surface area contributed by atoms with Crippen molar-refractivity contribution in [1.29, 1.82) is 0 Å². The number of hydrogen-bond acceptors (Lipinski definition) is 3. The summed E-state index contributed by atoms with van der Waals surface area (Å²) in [5, 5.41) is 18.7. The standard InChI is InChI=1S/C17H34O3/c1-5-7-15(11-18)9-13(3)17(20)14(4)10-16(12-19)8-6-2/h13-16,18-19H,5-12H2,1-4H3. The van der Waals surface area contributed by atoms with Crippen LogP contribution in [0.3, 0.4) is 0 Å². The van der Waals surface area contributed by atoms with Crippen molar-refractivity contribution in [2.45, 2.75) is 66.2 Å². The molecular weight excluding hydrogens is 252 g/mol. The molecule has 4 unspecified atom stereocenters. The fraction of sp³-hybridized carbons (Fsp3) is 0.941. The lowest BCUT2D eigenvalue weighted by atomic mass is 9.82. The molecule has 20 heavy (non-hydrogen) atoms. The topological polar surface area (TPSA) is 57.5 Å². The van der Waals surface area contributed by atoms with E-state index in [9.17, 15) is 15.0 Å². The third-order valence-electron chi connectivity index (χ3n) is 4.26. The van der Waals surface area contributed by atoms with E-state index < -0.39 is 0 Å². The Labute approximate surface area is 124 Å². The number of hydrogen-bond donors (Lipinski definition) is 2. The van der Waals surface area contributed by atoms with E-state index >= 15 is 0 Å². The van der Waals surface area contributed by atoms with Crippen LogP contribution in [-0.2, 0) is 4.79 Å². The summed E-state index contributed by atoms with van der Waals surface area (Å²) in [7, 11) is 0. The minimum Gasteiger partial charge on any atom is -0.396 e. The third-order valence-corrected chi connectivity index (χ3v) is 4.26. The average molecular weight is 286 g/mol. The molecule has 0 heterocycles. The first kappa shape index (κ1) is 19.6. The van der Waals surface area contributed by atoms with Gasteiger partial charge in [0.05, 0.1) is 0 Å². The zero-order chi connectivity index (χ0) is 15.5.